The Bertz CT molecular complexity index is 212. The molecule has 2 nitrogen and oxygen atoms in total. The van der Waals surface area contributed by atoms with E-state index >= 15 is 0 Å². The summed E-state index contributed by atoms with van der Waals surface area (Å²) in [5.74, 6) is 0.993. The molecule has 2 heteroatoms. The van der Waals surface area contributed by atoms with Gasteiger partial charge in [0.1, 0.15) is 0 Å². The average molecular weight is 194 g/mol. The van der Waals surface area contributed by atoms with Crippen LogP contribution in [0.5, 0.6) is 0 Å². The molecule has 0 N–H and O–H groups in total. The van der Waals surface area contributed by atoms with Gasteiger partial charge in [-0.15, -0.1) is 0 Å². The minimum absolute atomic E-state index is 0.868. The van der Waals surface area contributed by atoms with Gasteiger partial charge in [0.15, 0.2) is 0 Å². The first-order valence-electron chi connectivity index (χ1n) is 6.35. The van der Waals surface area contributed by atoms with Crippen LogP contribution in [0.15, 0.2) is 0 Å². The van der Waals surface area contributed by atoms with E-state index in [1.165, 1.54) is 51.9 Å². The topological polar surface area (TPSA) is 6.48 Å². The predicted octanol–water partition coefficient (Wildman–Crippen LogP) is 1.56. The maximum atomic E-state index is 2.84. The van der Waals surface area contributed by atoms with E-state index in [2.05, 4.69) is 16.7 Å². The van der Waals surface area contributed by atoms with Crippen molar-refractivity contribution in [1.29, 1.82) is 0 Å². The fourth-order valence-corrected chi connectivity index (χ4v) is 3.29. The van der Waals surface area contributed by atoms with Crippen LogP contribution in [0.2, 0.25) is 0 Å². The Kier molecular flexibility index (Phi) is 2.29. The molecular weight excluding hydrogens is 172 g/mol. The van der Waals surface area contributed by atoms with Crippen LogP contribution in [0.3, 0.4) is 0 Å². The minimum atomic E-state index is 0.868. The monoisotopic (exact) mass is 194 g/mol. The summed E-state index contributed by atoms with van der Waals surface area (Å²) in [6, 6.07) is 1.84. The van der Waals surface area contributed by atoms with E-state index in [0.717, 1.165) is 18.0 Å². The van der Waals surface area contributed by atoms with Crippen molar-refractivity contribution in [3.63, 3.8) is 0 Å². The maximum absolute atomic E-state index is 2.84. The molecule has 2 saturated heterocycles. The molecule has 0 radical (unpaired) electrons. The molecule has 3 aliphatic rings. The molecule has 2 heterocycles. The third kappa shape index (κ3) is 1.59. The first kappa shape index (κ1) is 9.17. The first-order chi connectivity index (χ1) is 6.86. The van der Waals surface area contributed by atoms with Gasteiger partial charge in [0.25, 0.3) is 0 Å². The van der Waals surface area contributed by atoms with Crippen LogP contribution in [-0.2, 0) is 0 Å². The second-order valence-corrected chi connectivity index (χ2v) is 5.40. The van der Waals surface area contributed by atoms with E-state index in [4.69, 9.17) is 0 Å². The van der Waals surface area contributed by atoms with Crippen LogP contribution in [0.4, 0.5) is 0 Å². The highest BCUT2D eigenvalue weighted by Crippen LogP contribution is 2.34. The van der Waals surface area contributed by atoms with E-state index in [-0.39, 0.29) is 0 Å². The molecule has 3 atom stereocenters. The number of hydrogen-bond acceptors (Lipinski definition) is 2. The van der Waals surface area contributed by atoms with Crippen molar-refractivity contribution >= 4 is 0 Å². The number of fused-ring (bicyclic) bond motifs is 2. The summed E-state index contributed by atoms with van der Waals surface area (Å²) >= 11 is 0. The van der Waals surface area contributed by atoms with Crippen LogP contribution < -0.4 is 0 Å². The van der Waals surface area contributed by atoms with Gasteiger partial charge in [0, 0.05) is 31.7 Å². The summed E-state index contributed by atoms with van der Waals surface area (Å²) in [7, 11) is 0. The third-order valence-corrected chi connectivity index (χ3v) is 4.26. The highest BCUT2D eigenvalue weighted by molar-refractivity contribution is 4.95. The molecule has 3 rings (SSSR count). The van der Waals surface area contributed by atoms with Crippen LogP contribution >= 0.6 is 0 Å². The Morgan fingerprint density at radius 2 is 1.93 bits per heavy atom. The first-order valence-corrected chi connectivity index (χ1v) is 6.35. The minimum Gasteiger partial charge on any atom is -0.301 e. The van der Waals surface area contributed by atoms with Crippen molar-refractivity contribution in [2.45, 2.75) is 44.7 Å². The summed E-state index contributed by atoms with van der Waals surface area (Å²) in [5, 5.41) is 0. The smallest absolute Gasteiger partial charge is 0.0223 e. The zero-order valence-electron chi connectivity index (χ0n) is 9.28. The SMILES string of the molecule is CCC1CN2CCC(C2)CN1C1CC1. The standard InChI is InChI=1S/C12H22N2/c1-2-11-9-13-6-5-10(7-13)8-14(11)12-3-4-12/h10-12H,2-9H2,1H3. The Morgan fingerprint density at radius 1 is 1.07 bits per heavy atom. The van der Waals surface area contributed by atoms with Gasteiger partial charge in [-0.1, -0.05) is 6.92 Å². The van der Waals surface area contributed by atoms with E-state index in [0.29, 0.717) is 0 Å². The lowest BCUT2D eigenvalue weighted by Gasteiger charge is -2.33. The zero-order valence-corrected chi connectivity index (χ0v) is 9.28. The molecule has 3 unspecified atom stereocenters. The highest BCUT2D eigenvalue weighted by atomic mass is 15.3. The fourth-order valence-electron chi connectivity index (χ4n) is 3.29. The number of rotatable bonds is 2. The van der Waals surface area contributed by atoms with E-state index in [1.807, 2.05) is 0 Å². The van der Waals surface area contributed by atoms with Gasteiger partial charge in [0.05, 0.1) is 0 Å². The van der Waals surface area contributed by atoms with Crippen molar-refractivity contribution in [3.8, 4) is 0 Å². The van der Waals surface area contributed by atoms with Gasteiger partial charge >= 0.3 is 0 Å². The second kappa shape index (κ2) is 3.49. The van der Waals surface area contributed by atoms with Gasteiger partial charge in [-0.2, -0.15) is 0 Å². The predicted molar refractivity (Wildman–Crippen MR) is 58.4 cm³/mol. The summed E-state index contributed by atoms with van der Waals surface area (Å²) in [6.07, 6.45) is 5.76. The molecule has 0 aromatic rings. The average Bonchev–Trinajstić information content (AvgIpc) is 2.92. The molecular formula is C12H22N2. The Labute approximate surface area is 87.3 Å². The summed E-state index contributed by atoms with van der Waals surface area (Å²) in [6.45, 7) is 7.88. The lowest BCUT2D eigenvalue weighted by Crippen LogP contribution is -2.43. The maximum Gasteiger partial charge on any atom is 0.0223 e. The summed E-state index contributed by atoms with van der Waals surface area (Å²) < 4.78 is 0. The van der Waals surface area contributed by atoms with Crippen molar-refractivity contribution in [2.24, 2.45) is 5.92 Å². The largest absolute Gasteiger partial charge is 0.301 e. The molecule has 1 aliphatic carbocycles. The van der Waals surface area contributed by atoms with Crippen molar-refractivity contribution in [1.82, 2.24) is 9.80 Å². The normalized spacial score (nSPS) is 43.9. The van der Waals surface area contributed by atoms with Gasteiger partial charge in [-0.25, -0.2) is 0 Å². The van der Waals surface area contributed by atoms with Gasteiger partial charge in [-0.05, 0) is 38.1 Å². The fraction of sp³-hybridized carbons (Fsp3) is 1.00. The van der Waals surface area contributed by atoms with Gasteiger partial charge < -0.3 is 4.90 Å². The Hall–Kier alpha value is -0.0800. The van der Waals surface area contributed by atoms with Crippen LogP contribution in [0.1, 0.15) is 32.6 Å². The molecule has 0 spiro atoms. The lowest BCUT2D eigenvalue weighted by molar-refractivity contribution is 0.146. The van der Waals surface area contributed by atoms with Crippen molar-refractivity contribution in [3.05, 3.63) is 0 Å². The van der Waals surface area contributed by atoms with E-state index < -0.39 is 0 Å². The molecule has 0 aromatic heterocycles. The van der Waals surface area contributed by atoms with Gasteiger partial charge in [0.2, 0.25) is 0 Å². The van der Waals surface area contributed by atoms with Gasteiger partial charge in [-0.3, -0.25) is 4.90 Å². The molecule has 3 fully saturated rings. The second-order valence-electron chi connectivity index (χ2n) is 5.40. The van der Waals surface area contributed by atoms with Crippen molar-refractivity contribution in [2.75, 3.05) is 26.2 Å². The van der Waals surface area contributed by atoms with Crippen molar-refractivity contribution < 1.29 is 0 Å². The highest BCUT2D eigenvalue weighted by Gasteiger charge is 2.39. The molecule has 1 saturated carbocycles. The van der Waals surface area contributed by atoms with E-state index in [1.54, 1.807) is 0 Å². The molecule has 2 aliphatic heterocycles. The molecule has 2 bridgehead atoms. The van der Waals surface area contributed by atoms with Crippen LogP contribution in [0.25, 0.3) is 0 Å². The number of nitrogens with zero attached hydrogens (tertiary/aromatic N) is 2. The molecule has 80 valence electrons. The molecule has 0 aromatic carbocycles. The number of hydrogen-bond donors (Lipinski definition) is 0. The quantitative estimate of drug-likeness (QED) is 0.658. The van der Waals surface area contributed by atoms with Crippen LogP contribution in [0, 0.1) is 5.92 Å². The van der Waals surface area contributed by atoms with E-state index in [9.17, 15) is 0 Å². The summed E-state index contributed by atoms with van der Waals surface area (Å²) in [4.78, 5) is 5.53. The lowest BCUT2D eigenvalue weighted by atomic mass is 10.1. The molecule has 14 heavy (non-hydrogen) atoms. The third-order valence-electron chi connectivity index (χ3n) is 4.26. The zero-order chi connectivity index (χ0) is 9.54. The summed E-state index contributed by atoms with van der Waals surface area (Å²) in [5.41, 5.74) is 0. The Balaban J connectivity index is 1.74. The van der Waals surface area contributed by atoms with Crippen LogP contribution in [-0.4, -0.2) is 48.1 Å². The Morgan fingerprint density at radius 3 is 2.64 bits per heavy atom. The molecule has 0 amide bonds.